The van der Waals surface area contributed by atoms with Gasteiger partial charge in [0.15, 0.2) is 0 Å². The molecule has 2 aromatic rings. The monoisotopic (exact) mass is 437 g/mol. The van der Waals surface area contributed by atoms with Gasteiger partial charge in [0.25, 0.3) is 5.91 Å². The average molecular weight is 438 g/mol. The van der Waals surface area contributed by atoms with E-state index in [9.17, 15) is 14.7 Å². The number of benzene rings is 2. The highest BCUT2D eigenvalue weighted by molar-refractivity contribution is 6.30. The van der Waals surface area contributed by atoms with Gasteiger partial charge < -0.3 is 10.4 Å². The summed E-state index contributed by atoms with van der Waals surface area (Å²) in [6, 6.07) is 12.1. The van der Waals surface area contributed by atoms with Gasteiger partial charge in [-0.05, 0) is 92.2 Å². The lowest BCUT2D eigenvalue weighted by molar-refractivity contribution is -0.117. The summed E-state index contributed by atoms with van der Waals surface area (Å²) in [4.78, 5) is 25.7. The molecule has 0 unspecified atom stereocenters. The highest BCUT2D eigenvalue weighted by atomic mass is 35.5. The van der Waals surface area contributed by atoms with Gasteiger partial charge in [-0.25, -0.2) is 0 Å². The second-order valence-corrected chi connectivity index (χ2v) is 10.5. The van der Waals surface area contributed by atoms with E-state index in [0.29, 0.717) is 16.1 Å². The first-order chi connectivity index (χ1) is 14.9. The van der Waals surface area contributed by atoms with Crippen molar-refractivity contribution in [2.75, 3.05) is 0 Å². The molecule has 4 fully saturated rings. The minimum absolute atomic E-state index is 0.0243. The van der Waals surface area contributed by atoms with Crippen molar-refractivity contribution in [3.63, 3.8) is 0 Å². The SMILES string of the molecule is O=C(Cc1cccc(C(=O)NC23CC4CC(CC(C4)C2)C3)c1)Cc1cc(Cl)ccc1O. The van der Waals surface area contributed by atoms with Crippen molar-refractivity contribution in [3.8, 4) is 5.75 Å². The second kappa shape index (κ2) is 7.98. The zero-order valence-electron chi connectivity index (χ0n) is 17.6. The van der Waals surface area contributed by atoms with Crippen LogP contribution in [0.15, 0.2) is 42.5 Å². The summed E-state index contributed by atoms with van der Waals surface area (Å²) in [5.41, 5.74) is 1.92. The average Bonchev–Trinajstić information content (AvgIpc) is 2.69. The van der Waals surface area contributed by atoms with E-state index < -0.39 is 0 Å². The molecular formula is C26H28ClNO3. The molecule has 162 valence electrons. The Morgan fingerprint density at radius 1 is 0.968 bits per heavy atom. The number of hydrogen-bond donors (Lipinski definition) is 2. The number of amides is 1. The molecule has 0 atom stereocenters. The Labute approximate surface area is 188 Å². The van der Waals surface area contributed by atoms with Gasteiger partial charge in [0.1, 0.15) is 11.5 Å². The molecule has 4 saturated carbocycles. The standard InChI is InChI=1S/C26H28ClNO3/c27-22-4-5-24(30)21(11-22)12-23(29)10-16-2-1-3-20(9-16)25(31)28-26-13-17-6-18(14-26)8-19(7-17)15-26/h1-5,9,11,17-19,30H,6-8,10,12-15H2,(H,28,31). The molecule has 0 aliphatic heterocycles. The zero-order chi connectivity index (χ0) is 21.6. The number of phenolic OH excluding ortho intramolecular Hbond substituents is 1. The van der Waals surface area contributed by atoms with Gasteiger partial charge >= 0.3 is 0 Å². The summed E-state index contributed by atoms with van der Waals surface area (Å²) in [5.74, 6) is 2.34. The topological polar surface area (TPSA) is 66.4 Å². The normalized spacial score (nSPS) is 28.5. The minimum Gasteiger partial charge on any atom is -0.508 e. The first-order valence-corrected chi connectivity index (χ1v) is 11.7. The third kappa shape index (κ3) is 4.36. The van der Waals surface area contributed by atoms with Crippen LogP contribution < -0.4 is 5.32 Å². The molecule has 31 heavy (non-hydrogen) atoms. The predicted octanol–water partition coefficient (Wildman–Crippen LogP) is 5.10. The second-order valence-electron chi connectivity index (χ2n) is 10.0. The van der Waals surface area contributed by atoms with Gasteiger partial charge in [-0.15, -0.1) is 0 Å². The van der Waals surface area contributed by atoms with Gasteiger partial charge in [-0.2, -0.15) is 0 Å². The van der Waals surface area contributed by atoms with E-state index in [2.05, 4.69) is 5.32 Å². The van der Waals surface area contributed by atoms with Crippen molar-refractivity contribution in [2.45, 2.75) is 56.9 Å². The number of nitrogens with one attached hydrogen (secondary N) is 1. The molecule has 0 radical (unpaired) electrons. The Morgan fingerprint density at radius 2 is 1.65 bits per heavy atom. The van der Waals surface area contributed by atoms with Crippen molar-refractivity contribution in [2.24, 2.45) is 17.8 Å². The quantitative estimate of drug-likeness (QED) is 0.660. The Kier molecular flexibility index (Phi) is 5.29. The Balaban J connectivity index is 1.25. The number of ketones is 1. The summed E-state index contributed by atoms with van der Waals surface area (Å²) >= 11 is 5.98. The fraction of sp³-hybridized carbons (Fsp3) is 0.462. The van der Waals surface area contributed by atoms with Crippen LogP contribution in [0.5, 0.6) is 5.75 Å². The van der Waals surface area contributed by atoms with E-state index in [0.717, 1.165) is 42.6 Å². The molecule has 4 bridgehead atoms. The molecule has 2 aromatic carbocycles. The molecule has 4 aliphatic carbocycles. The molecule has 6 rings (SSSR count). The lowest BCUT2D eigenvalue weighted by atomic mass is 9.53. The fourth-order valence-electron chi connectivity index (χ4n) is 6.60. The van der Waals surface area contributed by atoms with Gasteiger partial charge in [0.2, 0.25) is 0 Å². The summed E-state index contributed by atoms with van der Waals surface area (Å²) < 4.78 is 0. The zero-order valence-corrected chi connectivity index (χ0v) is 18.3. The van der Waals surface area contributed by atoms with E-state index >= 15 is 0 Å². The number of hydrogen-bond acceptors (Lipinski definition) is 3. The number of halogens is 1. The number of phenols is 1. The van der Waals surface area contributed by atoms with Crippen LogP contribution in [-0.4, -0.2) is 22.3 Å². The van der Waals surface area contributed by atoms with Crippen LogP contribution in [0.4, 0.5) is 0 Å². The molecule has 0 saturated heterocycles. The van der Waals surface area contributed by atoms with Gasteiger partial charge in [0, 0.05) is 34.5 Å². The van der Waals surface area contributed by atoms with Crippen molar-refractivity contribution >= 4 is 23.3 Å². The largest absolute Gasteiger partial charge is 0.508 e. The van der Waals surface area contributed by atoms with Gasteiger partial charge in [-0.3, -0.25) is 9.59 Å². The molecular weight excluding hydrogens is 410 g/mol. The Bertz CT molecular complexity index is 996. The summed E-state index contributed by atoms with van der Waals surface area (Å²) in [7, 11) is 0. The maximum absolute atomic E-state index is 13.1. The lowest BCUT2D eigenvalue weighted by Gasteiger charge is -2.56. The number of aromatic hydroxyl groups is 1. The summed E-state index contributed by atoms with van der Waals surface area (Å²) in [6.07, 6.45) is 7.70. The van der Waals surface area contributed by atoms with Crippen molar-refractivity contribution < 1.29 is 14.7 Å². The van der Waals surface area contributed by atoms with Crippen LogP contribution >= 0.6 is 11.6 Å². The van der Waals surface area contributed by atoms with Crippen LogP contribution in [-0.2, 0) is 17.6 Å². The van der Waals surface area contributed by atoms with E-state index in [1.165, 1.54) is 25.3 Å². The van der Waals surface area contributed by atoms with Crippen LogP contribution in [0.25, 0.3) is 0 Å². The molecule has 0 aromatic heterocycles. The van der Waals surface area contributed by atoms with Crippen LogP contribution in [0.3, 0.4) is 0 Å². The maximum atomic E-state index is 13.1. The smallest absolute Gasteiger partial charge is 0.251 e. The van der Waals surface area contributed by atoms with E-state index in [1.807, 2.05) is 24.3 Å². The summed E-state index contributed by atoms with van der Waals surface area (Å²) in [5, 5.41) is 13.8. The van der Waals surface area contributed by atoms with Crippen molar-refractivity contribution in [1.82, 2.24) is 5.32 Å². The van der Waals surface area contributed by atoms with E-state index in [-0.39, 0.29) is 35.8 Å². The molecule has 0 spiro atoms. The predicted molar refractivity (Wildman–Crippen MR) is 120 cm³/mol. The minimum atomic E-state index is -0.0313. The summed E-state index contributed by atoms with van der Waals surface area (Å²) in [6.45, 7) is 0. The molecule has 5 heteroatoms. The molecule has 4 aliphatic rings. The number of carbonyl (C=O) groups excluding carboxylic acids is 2. The first kappa shape index (κ1) is 20.6. The molecule has 1 amide bonds. The maximum Gasteiger partial charge on any atom is 0.251 e. The number of carbonyl (C=O) groups is 2. The van der Waals surface area contributed by atoms with Crippen molar-refractivity contribution in [3.05, 3.63) is 64.2 Å². The number of rotatable bonds is 6. The fourth-order valence-corrected chi connectivity index (χ4v) is 6.79. The van der Waals surface area contributed by atoms with Crippen LogP contribution in [0.2, 0.25) is 5.02 Å². The first-order valence-electron chi connectivity index (χ1n) is 11.3. The number of Topliss-reactive ketones (excluding diaryl/α,β-unsaturated/α-hetero) is 1. The van der Waals surface area contributed by atoms with Crippen molar-refractivity contribution in [1.29, 1.82) is 0 Å². The van der Waals surface area contributed by atoms with Gasteiger partial charge in [0.05, 0.1) is 0 Å². The highest BCUT2D eigenvalue weighted by Gasteiger charge is 2.51. The van der Waals surface area contributed by atoms with Crippen LogP contribution in [0, 0.1) is 17.8 Å². The molecule has 2 N–H and O–H groups in total. The highest BCUT2D eigenvalue weighted by Crippen LogP contribution is 2.55. The Hall–Kier alpha value is -2.33. The van der Waals surface area contributed by atoms with E-state index in [1.54, 1.807) is 12.1 Å². The van der Waals surface area contributed by atoms with E-state index in [4.69, 9.17) is 11.6 Å². The third-order valence-corrected chi connectivity index (χ3v) is 7.67. The lowest BCUT2D eigenvalue weighted by Crippen LogP contribution is -2.59. The third-order valence-electron chi connectivity index (χ3n) is 7.44. The van der Waals surface area contributed by atoms with Crippen LogP contribution in [0.1, 0.15) is 60.0 Å². The van der Waals surface area contributed by atoms with Gasteiger partial charge in [-0.1, -0.05) is 23.7 Å². The molecule has 0 heterocycles. The Morgan fingerprint density at radius 3 is 2.32 bits per heavy atom. The molecule has 4 nitrogen and oxygen atoms in total.